The molecule has 0 atom stereocenters. The summed E-state index contributed by atoms with van der Waals surface area (Å²) >= 11 is 0. The largest absolute Gasteiger partial charge is 0.410 e. The summed E-state index contributed by atoms with van der Waals surface area (Å²) in [6, 6.07) is 0. The first kappa shape index (κ1) is 15.8. The second-order valence-electron chi connectivity index (χ2n) is 0.841. The van der Waals surface area contributed by atoms with Gasteiger partial charge in [0.2, 0.25) is 0 Å². The first-order valence-corrected chi connectivity index (χ1v) is 1.57. The van der Waals surface area contributed by atoms with Crippen LogP contribution in [-0.2, 0) is 32.7 Å². The quantitative estimate of drug-likeness (QED) is 0.207. The zero-order valence-corrected chi connectivity index (χ0v) is 7.80. The van der Waals surface area contributed by atoms with E-state index in [-0.39, 0.29) is 46.0 Å². The van der Waals surface area contributed by atoms with E-state index in [1.165, 1.54) is 0 Å². The van der Waals surface area contributed by atoms with Gasteiger partial charge in [-0.15, -0.1) is 6.42 Å². The third-order valence-electron chi connectivity index (χ3n) is 0.385. The molecule has 4 heteroatoms. The van der Waals surface area contributed by atoms with Gasteiger partial charge in [-0.3, -0.25) is 0 Å². The van der Waals surface area contributed by atoms with Crippen molar-refractivity contribution in [3.63, 3.8) is 0 Å². The van der Waals surface area contributed by atoms with E-state index < -0.39 is 0 Å². The summed E-state index contributed by atoms with van der Waals surface area (Å²) in [6.07, 6.45) is 0.358. The summed E-state index contributed by atoms with van der Waals surface area (Å²) in [5.74, 6) is 0.162. The smallest absolute Gasteiger partial charge is 0.108 e. The molecular weight excluding hydrogens is 181 g/mol. The van der Waals surface area contributed by atoms with Crippen LogP contribution in [0.15, 0.2) is 5.16 Å². The molecule has 0 heterocycles. The van der Waals surface area contributed by atoms with Gasteiger partial charge in [0.1, 0.15) is 5.84 Å². The molecule has 0 aromatic rings. The third kappa shape index (κ3) is 9.62. The number of rotatable bonds is 1. The van der Waals surface area contributed by atoms with Gasteiger partial charge in [-0.25, -0.2) is 0 Å². The van der Waals surface area contributed by atoms with Crippen molar-refractivity contribution in [3.8, 4) is 0 Å². The van der Waals surface area contributed by atoms with E-state index in [1.54, 1.807) is 0 Å². The van der Waals surface area contributed by atoms with E-state index in [2.05, 4.69) is 12.1 Å². The van der Waals surface area contributed by atoms with Crippen LogP contribution < -0.4 is 5.73 Å². The van der Waals surface area contributed by atoms with Gasteiger partial charge < -0.3 is 25.3 Å². The number of nitrogens with zero attached hydrogens (tertiary/aromatic N) is 1. The first-order valence-electron chi connectivity index (χ1n) is 1.57. The summed E-state index contributed by atoms with van der Waals surface area (Å²) in [6.45, 7) is 3.34. The summed E-state index contributed by atoms with van der Waals surface area (Å²) in [5, 5.41) is 10.4. The van der Waals surface area contributed by atoms with E-state index in [0.717, 1.165) is 0 Å². The monoisotopic (exact) mass is 191 g/mol. The van der Waals surface area contributed by atoms with E-state index in [4.69, 9.17) is 10.9 Å². The minimum atomic E-state index is 0. The van der Waals surface area contributed by atoms with Crippen molar-refractivity contribution in [1.82, 2.24) is 0 Å². The van der Waals surface area contributed by atoms with E-state index in [9.17, 15) is 0 Å². The van der Waals surface area contributed by atoms with Crippen molar-refractivity contribution in [3.05, 3.63) is 14.4 Å². The number of oxime groups is 1. The van der Waals surface area contributed by atoms with Crippen molar-refractivity contribution in [1.29, 1.82) is 0 Å². The van der Waals surface area contributed by atoms with E-state index in [0.29, 0.717) is 6.42 Å². The SMILES string of the molecule is [CH2-]C/C(N)=N\O.[CH3-].[Y]. The van der Waals surface area contributed by atoms with Crippen LogP contribution in [0.4, 0.5) is 0 Å². The molecule has 0 unspecified atom stereocenters. The Balaban J connectivity index is -0.000000125. The van der Waals surface area contributed by atoms with Crippen LogP contribution in [0.1, 0.15) is 6.42 Å². The molecular formula is C4H10N2OY-2. The third-order valence-corrected chi connectivity index (χ3v) is 0.385. The van der Waals surface area contributed by atoms with Crippen LogP contribution in [0.3, 0.4) is 0 Å². The van der Waals surface area contributed by atoms with Crippen LogP contribution >= 0.6 is 0 Å². The molecule has 3 nitrogen and oxygen atoms in total. The molecule has 0 aliphatic heterocycles. The van der Waals surface area contributed by atoms with Crippen molar-refractivity contribution >= 4 is 5.84 Å². The van der Waals surface area contributed by atoms with Gasteiger partial charge in [0.05, 0.1) is 0 Å². The van der Waals surface area contributed by atoms with Crippen molar-refractivity contribution in [2.45, 2.75) is 6.42 Å². The van der Waals surface area contributed by atoms with Gasteiger partial charge in [-0.1, -0.05) is 5.16 Å². The fourth-order valence-corrected chi connectivity index (χ4v) is 0.0500. The molecule has 1 radical (unpaired) electrons. The first-order chi connectivity index (χ1) is 2.81. The molecule has 47 valence electrons. The summed E-state index contributed by atoms with van der Waals surface area (Å²) < 4.78 is 0. The van der Waals surface area contributed by atoms with Gasteiger partial charge in [0, 0.05) is 32.7 Å². The van der Waals surface area contributed by atoms with E-state index in [1.807, 2.05) is 0 Å². The molecule has 0 saturated carbocycles. The van der Waals surface area contributed by atoms with Gasteiger partial charge in [-0.2, -0.15) is 0 Å². The van der Waals surface area contributed by atoms with Crippen LogP contribution in [-0.4, -0.2) is 11.0 Å². The molecule has 3 N–H and O–H groups in total. The molecule has 0 bridgehead atoms. The molecule has 0 amide bonds. The Morgan fingerprint density at radius 3 is 2.12 bits per heavy atom. The minimum absolute atomic E-state index is 0. The van der Waals surface area contributed by atoms with Crippen LogP contribution in [0, 0.1) is 14.4 Å². The number of nitrogens with two attached hydrogens (primary N) is 1. The van der Waals surface area contributed by atoms with Crippen LogP contribution in [0.25, 0.3) is 0 Å². The molecule has 0 fully saturated rings. The maximum Gasteiger partial charge on any atom is 0.108 e. The normalized spacial score (nSPS) is 8.88. The maximum atomic E-state index is 7.76. The molecule has 0 rings (SSSR count). The average molecular weight is 191 g/mol. The van der Waals surface area contributed by atoms with Crippen molar-refractivity contribution < 1.29 is 37.9 Å². The fourth-order valence-electron chi connectivity index (χ4n) is 0.0500. The summed E-state index contributed by atoms with van der Waals surface area (Å²) in [7, 11) is 0. The van der Waals surface area contributed by atoms with Crippen molar-refractivity contribution in [2.24, 2.45) is 10.9 Å². The number of hydrogen-bond donors (Lipinski definition) is 2. The molecule has 0 saturated heterocycles. The Kier molecular flexibility index (Phi) is 20.4. The zero-order valence-electron chi connectivity index (χ0n) is 4.96. The Morgan fingerprint density at radius 2 is 2.12 bits per heavy atom. The molecule has 0 aromatic heterocycles. The van der Waals surface area contributed by atoms with Gasteiger partial charge in [0.15, 0.2) is 0 Å². The Hall–Kier alpha value is 0.374. The maximum absolute atomic E-state index is 7.76. The van der Waals surface area contributed by atoms with Crippen LogP contribution in [0.2, 0.25) is 0 Å². The number of hydrogen-bond acceptors (Lipinski definition) is 2. The summed E-state index contributed by atoms with van der Waals surface area (Å²) in [5.41, 5.74) is 4.91. The minimum Gasteiger partial charge on any atom is -0.410 e. The molecule has 0 spiro atoms. The predicted octanol–water partition coefficient (Wildman–Crippen LogP) is 0.405. The standard InChI is InChI=1S/C3H7N2O.CH3.Y/c1-2-3(4)5-6;;/h6H,1-2H2,(H2,4,5);1H3;/q2*-1;. The molecule has 0 aliphatic carbocycles. The second kappa shape index (κ2) is 10.4. The molecule has 0 aliphatic rings. The van der Waals surface area contributed by atoms with Crippen LogP contribution in [0.5, 0.6) is 0 Å². The Bertz CT molecular complexity index is 65.1. The van der Waals surface area contributed by atoms with Gasteiger partial charge >= 0.3 is 0 Å². The average Bonchev–Trinajstić information content (AvgIpc) is 1.65. The van der Waals surface area contributed by atoms with Gasteiger partial charge in [-0.05, 0) is 0 Å². The second-order valence-corrected chi connectivity index (χ2v) is 0.841. The number of amidine groups is 1. The Labute approximate surface area is 75.2 Å². The zero-order chi connectivity index (χ0) is 4.99. The topological polar surface area (TPSA) is 58.6 Å². The van der Waals surface area contributed by atoms with E-state index >= 15 is 0 Å². The van der Waals surface area contributed by atoms with Gasteiger partial charge in [0.25, 0.3) is 0 Å². The fraction of sp³-hybridized carbons (Fsp3) is 0.250. The molecule has 0 aromatic carbocycles. The van der Waals surface area contributed by atoms with Crippen molar-refractivity contribution in [2.75, 3.05) is 0 Å². The summed E-state index contributed by atoms with van der Waals surface area (Å²) in [4.78, 5) is 0. The predicted molar refractivity (Wildman–Crippen MR) is 29.8 cm³/mol. The molecule has 8 heavy (non-hydrogen) atoms. The Morgan fingerprint density at radius 1 is 1.75 bits per heavy atom.